The van der Waals surface area contributed by atoms with E-state index >= 15 is 0 Å². The molecule has 7 heteroatoms. The first-order valence-corrected chi connectivity index (χ1v) is 5.86. The van der Waals surface area contributed by atoms with Crippen molar-refractivity contribution in [3.05, 3.63) is 18.2 Å². The van der Waals surface area contributed by atoms with Crippen LogP contribution in [0.25, 0.3) is 0 Å². The average molecular weight is 265 g/mol. The Balaban J connectivity index is 2.68. The van der Waals surface area contributed by atoms with Crippen LogP contribution in [0.15, 0.2) is 12.4 Å². The highest BCUT2D eigenvalue weighted by Crippen LogP contribution is 2.18. The predicted molar refractivity (Wildman–Crippen MR) is 60.9 cm³/mol. The Morgan fingerprint density at radius 2 is 2.11 bits per heavy atom. The van der Waals surface area contributed by atoms with Gasteiger partial charge < -0.3 is 9.67 Å². The van der Waals surface area contributed by atoms with Gasteiger partial charge in [0, 0.05) is 18.9 Å². The molecule has 0 unspecified atom stereocenters. The molecule has 0 radical (unpaired) electrons. The number of nitrogens with zero attached hydrogens (tertiary/aromatic N) is 3. The summed E-state index contributed by atoms with van der Waals surface area (Å²) in [5.74, 6) is 0.370. The minimum absolute atomic E-state index is 0.0139. The van der Waals surface area contributed by atoms with Crippen LogP contribution in [0.5, 0.6) is 0 Å². The zero-order chi connectivity index (χ0) is 13.6. The first kappa shape index (κ1) is 15.0. The molecule has 0 aliphatic heterocycles. The lowest BCUT2D eigenvalue weighted by Crippen LogP contribution is -2.29. The number of aliphatic hydroxyl groups excluding tert-OH is 1. The molecular formula is C11H18F3N3O. The highest BCUT2D eigenvalue weighted by Gasteiger charge is 2.28. The number of aromatic nitrogens is 2. The number of hydrogen-bond donors (Lipinski definition) is 1. The number of rotatable bonds is 7. The molecule has 0 saturated carbocycles. The minimum Gasteiger partial charge on any atom is -0.395 e. The third-order valence-corrected chi connectivity index (χ3v) is 2.47. The standard InChI is InChI=1S/C11H18F3N3O/c1-2-4-16(6-7-18)8-10-15-3-5-17(10)9-11(12,13)14/h3,5,18H,2,4,6-9H2,1H3. The molecule has 1 aromatic heterocycles. The SMILES string of the molecule is CCCN(CCO)Cc1nccn1CC(F)(F)F. The van der Waals surface area contributed by atoms with Crippen molar-refractivity contribution in [2.75, 3.05) is 19.7 Å². The maximum Gasteiger partial charge on any atom is 0.406 e. The topological polar surface area (TPSA) is 41.3 Å². The van der Waals surface area contributed by atoms with Gasteiger partial charge in [0.2, 0.25) is 0 Å². The second kappa shape index (κ2) is 6.75. The number of imidazole rings is 1. The Morgan fingerprint density at radius 3 is 2.67 bits per heavy atom. The second-order valence-corrected chi connectivity index (χ2v) is 4.09. The lowest BCUT2D eigenvalue weighted by molar-refractivity contribution is -0.141. The van der Waals surface area contributed by atoms with Gasteiger partial charge in [-0.1, -0.05) is 6.92 Å². The van der Waals surface area contributed by atoms with Gasteiger partial charge in [-0.15, -0.1) is 0 Å². The van der Waals surface area contributed by atoms with E-state index in [9.17, 15) is 13.2 Å². The number of aliphatic hydroxyl groups is 1. The molecular weight excluding hydrogens is 247 g/mol. The minimum atomic E-state index is -4.25. The van der Waals surface area contributed by atoms with Crippen molar-refractivity contribution in [1.82, 2.24) is 14.5 Å². The molecule has 0 bridgehead atoms. The van der Waals surface area contributed by atoms with Gasteiger partial charge in [0.05, 0.1) is 13.2 Å². The van der Waals surface area contributed by atoms with E-state index in [1.807, 2.05) is 11.8 Å². The normalized spacial score (nSPS) is 12.3. The fourth-order valence-electron chi connectivity index (χ4n) is 1.76. The van der Waals surface area contributed by atoms with E-state index in [4.69, 9.17) is 5.11 Å². The van der Waals surface area contributed by atoms with Gasteiger partial charge in [-0.2, -0.15) is 13.2 Å². The van der Waals surface area contributed by atoms with Gasteiger partial charge in [0.25, 0.3) is 0 Å². The molecule has 0 aliphatic carbocycles. The molecule has 1 aromatic rings. The molecule has 0 spiro atoms. The largest absolute Gasteiger partial charge is 0.406 e. The number of hydrogen-bond acceptors (Lipinski definition) is 3. The highest BCUT2D eigenvalue weighted by atomic mass is 19.4. The van der Waals surface area contributed by atoms with E-state index in [0.717, 1.165) is 17.5 Å². The Morgan fingerprint density at radius 1 is 1.39 bits per heavy atom. The van der Waals surface area contributed by atoms with Gasteiger partial charge in [-0.3, -0.25) is 4.90 Å². The maximum atomic E-state index is 12.3. The van der Waals surface area contributed by atoms with Crippen LogP contribution >= 0.6 is 0 Å². The van der Waals surface area contributed by atoms with Crippen molar-refractivity contribution in [3.63, 3.8) is 0 Å². The van der Waals surface area contributed by atoms with Crippen molar-refractivity contribution in [1.29, 1.82) is 0 Å². The molecule has 4 nitrogen and oxygen atoms in total. The summed E-state index contributed by atoms with van der Waals surface area (Å²) in [6.07, 6.45) is -0.683. The summed E-state index contributed by atoms with van der Waals surface area (Å²) in [5.41, 5.74) is 0. The summed E-state index contributed by atoms with van der Waals surface area (Å²) in [6, 6.07) is 0. The maximum absolute atomic E-state index is 12.3. The molecule has 104 valence electrons. The molecule has 18 heavy (non-hydrogen) atoms. The van der Waals surface area contributed by atoms with Gasteiger partial charge in [-0.25, -0.2) is 4.98 Å². The van der Waals surface area contributed by atoms with E-state index in [1.165, 1.54) is 12.4 Å². The van der Waals surface area contributed by atoms with Gasteiger partial charge in [0.15, 0.2) is 0 Å². The van der Waals surface area contributed by atoms with Crippen molar-refractivity contribution >= 4 is 0 Å². The van der Waals surface area contributed by atoms with Crippen molar-refractivity contribution < 1.29 is 18.3 Å². The molecule has 0 aliphatic rings. The lowest BCUT2D eigenvalue weighted by Gasteiger charge is -2.21. The Bertz CT molecular complexity index is 346. The van der Waals surface area contributed by atoms with E-state index < -0.39 is 12.7 Å². The molecule has 0 amide bonds. The Hall–Kier alpha value is -1.08. The van der Waals surface area contributed by atoms with E-state index in [2.05, 4.69) is 4.98 Å². The summed E-state index contributed by atoms with van der Waals surface area (Å²) in [5, 5.41) is 8.90. The van der Waals surface area contributed by atoms with Crippen molar-refractivity contribution in [2.45, 2.75) is 32.6 Å². The average Bonchev–Trinajstić information content (AvgIpc) is 2.64. The molecule has 1 N–H and O–H groups in total. The first-order valence-electron chi connectivity index (χ1n) is 5.86. The Labute approximate surface area is 104 Å². The van der Waals surface area contributed by atoms with Crippen molar-refractivity contribution in [2.24, 2.45) is 0 Å². The Kier molecular flexibility index (Phi) is 5.61. The highest BCUT2D eigenvalue weighted by molar-refractivity contribution is 4.93. The lowest BCUT2D eigenvalue weighted by atomic mass is 10.4. The fourth-order valence-corrected chi connectivity index (χ4v) is 1.76. The molecule has 1 rings (SSSR count). The van der Waals surface area contributed by atoms with Crippen LogP contribution in [0.1, 0.15) is 19.2 Å². The summed E-state index contributed by atoms with van der Waals surface area (Å²) in [6.45, 7) is 2.41. The van der Waals surface area contributed by atoms with Crippen LogP contribution in [0, 0.1) is 0 Å². The third kappa shape index (κ3) is 5.05. The van der Waals surface area contributed by atoms with Crippen LogP contribution in [0.3, 0.4) is 0 Å². The summed E-state index contributed by atoms with van der Waals surface area (Å²) >= 11 is 0. The third-order valence-electron chi connectivity index (χ3n) is 2.47. The monoisotopic (exact) mass is 265 g/mol. The summed E-state index contributed by atoms with van der Waals surface area (Å²) in [7, 11) is 0. The van der Waals surface area contributed by atoms with E-state index in [-0.39, 0.29) is 6.61 Å². The number of alkyl halides is 3. The molecule has 0 atom stereocenters. The molecule has 0 saturated heterocycles. The van der Waals surface area contributed by atoms with E-state index in [0.29, 0.717) is 18.9 Å². The summed E-state index contributed by atoms with van der Waals surface area (Å²) in [4.78, 5) is 5.83. The van der Waals surface area contributed by atoms with Crippen LogP contribution in [-0.2, 0) is 13.1 Å². The fraction of sp³-hybridized carbons (Fsp3) is 0.727. The van der Waals surface area contributed by atoms with Crippen LogP contribution in [0.4, 0.5) is 13.2 Å². The summed E-state index contributed by atoms with van der Waals surface area (Å²) < 4.78 is 38.1. The molecule has 1 heterocycles. The predicted octanol–water partition coefficient (Wildman–Crippen LogP) is 1.65. The van der Waals surface area contributed by atoms with E-state index in [1.54, 1.807) is 0 Å². The number of halogens is 3. The van der Waals surface area contributed by atoms with Crippen LogP contribution in [0.2, 0.25) is 0 Å². The zero-order valence-corrected chi connectivity index (χ0v) is 10.3. The zero-order valence-electron chi connectivity index (χ0n) is 10.3. The second-order valence-electron chi connectivity index (χ2n) is 4.09. The van der Waals surface area contributed by atoms with Gasteiger partial charge in [0.1, 0.15) is 12.4 Å². The molecule has 0 fully saturated rings. The first-order chi connectivity index (χ1) is 8.46. The van der Waals surface area contributed by atoms with Crippen LogP contribution < -0.4 is 0 Å². The van der Waals surface area contributed by atoms with Crippen LogP contribution in [-0.4, -0.2) is 45.4 Å². The van der Waals surface area contributed by atoms with Crippen molar-refractivity contribution in [3.8, 4) is 0 Å². The van der Waals surface area contributed by atoms with Gasteiger partial charge in [-0.05, 0) is 13.0 Å². The molecule has 0 aromatic carbocycles. The smallest absolute Gasteiger partial charge is 0.395 e. The van der Waals surface area contributed by atoms with Gasteiger partial charge >= 0.3 is 6.18 Å². The quantitative estimate of drug-likeness (QED) is 0.815.